The minimum atomic E-state index is -0.433. The molecule has 0 aliphatic heterocycles. The third-order valence-corrected chi connectivity index (χ3v) is 5.52. The summed E-state index contributed by atoms with van der Waals surface area (Å²) in [6.07, 6.45) is 2.94. The Morgan fingerprint density at radius 3 is 2.58 bits per heavy atom. The Kier molecular flexibility index (Phi) is 6.69. The van der Waals surface area contributed by atoms with Crippen LogP contribution in [0.5, 0.6) is 5.75 Å². The number of fused-ring (bicyclic) bond motifs is 1. The van der Waals surface area contributed by atoms with Crippen molar-refractivity contribution in [2.45, 2.75) is 19.3 Å². The van der Waals surface area contributed by atoms with Crippen molar-refractivity contribution in [2.75, 3.05) is 13.7 Å². The van der Waals surface area contributed by atoms with Crippen LogP contribution in [0.15, 0.2) is 72.9 Å². The summed E-state index contributed by atoms with van der Waals surface area (Å²) in [4.78, 5) is 26.3. The Hall–Kier alpha value is -4.13. The second-order valence-corrected chi connectivity index (χ2v) is 7.69. The number of hydrogen-bond acceptors (Lipinski definition) is 5. The number of aromatic nitrogens is 1. The minimum absolute atomic E-state index is 0.116. The Bertz CT molecular complexity index is 1280. The summed E-state index contributed by atoms with van der Waals surface area (Å²) in [5.74, 6) is -0.135. The first kappa shape index (κ1) is 22.1. The summed E-state index contributed by atoms with van der Waals surface area (Å²) in [5.41, 5.74) is 4.05. The largest absolute Gasteiger partial charge is 0.486 e. The molecular weight excluding hydrogens is 420 g/mol. The molecule has 4 aromatic rings. The quantitative estimate of drug-likeness (QED) is 0.210. The molecule has 0 saturated carbocycles. The fraction of sp³-hybridized carbons (Fsp3) is 0.192. The molecule has 0 amide bonds. The van der Waals surface area contributed by atoms with E-state index in [0.717, 1.165) is 22.0 Å². The first-order chi connectivity index (χ1) is 16.0. The first-order valence-electron chi connectivity index (χ1n) is 10.7. The van der Waals surface area contributed by atoms with E-state index in [1.807, 2.05) is 66.9 Å². The van der Waals surface area contributed by atoms with Crippen LogP contribution in [0.1, 0.15) is 17.5 Å². The van der Waals surface area contributed by atoms with Gasteiger partial charge in [0.25, 0.3) is 0 Å². The number of methoxy groups -OCH3 is 1. The Labute approximate surface area is 191 Å². The van der Waals surface area contributed by atoms with Crippen molar-refractivity contribution in [3.63, 3.8) is 0 Å². The van der Waals surface area contributed by atoms with Crippen molar-refractivity contribution in [2.24, 2.45) is 0 Å². The molecule has 33 heavy (non-hydrogen) atoms. The molecule has 7 nitrogen and oxygen atoms in total. The smallest absolute Gasteiger partial charge is 0.311 e. The van der Waals surface area contributed by atoms with E-state index in [1.165, 1.54) is 13.2 Å². The SMILES string of the molecule is COC(=O)CCc1cc(-c2ccc3[nH]ccc3c2)c(OCCc2ccccc2)c([N+](=O)[O-])c1. The molecule has 0 fully saturated rings. The van der Waals surface area contributed by atoms with E-state index < -0.39 is 4.92 Å². The van der Waals surface area contributed by atoms with Gasteiger partial charge in [-0.2, -0.15) is 0 Å². The lowest BCUT2D eigenvalue weighted by molar-refractivity contribution is -0.385. The number of carbonyl (C=O) groups is 1. The topological polar surface area (TPSA) is 94.5 Å². The summed E-state index contributed by atoms with van der Waals surface area (Å²) >= 11 is 0. The number of nitro groups is 1. The molecule has 1 aromatic heterocycles. The lowest BCUT2D eigenvalue weighted by Gasteiger charge is -2.15. The molecule has 1 N–H and O–H groups in total. The maximum atomic E-state index is 12.0. The van der Waals surface area contributed by atoms with Gasteiger partial charge in [-0.25, -0.2) is 0 Å². The monoisotopic (exact) mass is 444 g/mol. The molecule has 7 heteroatoms. The van der Waals surface area contributed by atoms with Crippen LogP contribution in [0, 0.1) is 10.1 Å². The molecule has 0 atom stereocenters. The van der Waals surface area contributed by atoms with Crippen molar-refractivity contribution < 1.29 is 19.2 Å². The van der Waals surface area contributed by atoms with E-state index in [0.29, 0.717) is 30.6 Å². The zero-order valence-corrected chi connectivity index (χ0v) is 18.2. The number of esters is 1. The fourth-order valence-electron chi connectivity index (χ4n) is 3.80. The van der Waals surface area contributed by atoms with Crippen molar-refractivity contribution in [3.05, 3.63) is 94.2 Å². The van der Waals surface area contributed by atoms with Crippen LogP contribution in [-0.2, 0) is 22.4 Å². The average molecular weight is 444 g/mol. The van der Waals surface area contributed by atoms with E-state index in [9.17, 15) is 14.9 Å². The zero-order chi connectivity index (χ0) is 23.2. The van der Waals surface area contributed by atoms with Crippen molar-refractivity contribution >= 4 is 22.6 Å². The highest BCUT2D eigenvalue weighted by Gasteiger charge is 2.23. The number of aryl methyl sites for hydroxylation is 1. The summed E-state index contributed by atoms with van der Waals surface area (Å²) < 4.78 is 10.8. The van der Waals surface area contributed by atoms with E-state index >= 15 is 0 Å². The molecule has 1 heterocycles. The van der Waals surface area contributed by atoms with Gasteiger partial charge in [0, 0.05) is 36.2 Å². The molecule has 0 aliphatic carbocycles. The highest BCUT2D eigenvalue weighted by atomic mass is 16.6. The molecule has 0 unspecified atom stereocenters. The van der Waals surface area contributed by atoms with Gasteiger partial charge in [0.1, 0.15) is 0 Å². The molecule has 4 rings (SSSR count). The fourth-order valence-corrected chi connectivity index (χ4v) is 3.80. The number of nitrogens with zero attached hydrogens (tertiary/aromatic N) is 1. The molecule has 0 spiro atoms. The van der Waals surface area contributed by atoms with E-state index in [1.54, 1.807) is 0 Å². The van der Waals surface area contributed by atoms with Gasteiger partial charge in [-0.1, -0.05) is 36.4 Å². The van der Waals surface area contributed by atoms with Crippen molar-refractivity contribution in [1.29, 1.82) is 0 Å². The van der Waals surface area contributed by atoms with Crippen LogP contribution in [0.4, 0.5) is 5.69 Å². The van der Waals surface area contributed by atoms with E-state index in [-0.39, 0.29) is 23.8 Å². The maximum absolute atomic E-state index is 12.0. The van der Waals surface area contributed by atoms with Gasteiger partial charge in [-0.05, 0) is 52.8 Å². The zero-order valence-electron chi connectivity index (χ0n) is 18.2. The molecular formula is C26H24N2O5. The second kappa shape index (κ2) is 9.99. The number of ether oxygens (including phenoxy) is 2. The van der Waals surface area contributed by atoms with Gasteiger partial charge in [0.05, 0.1) is 18.6 Å². The van der Waals surface area contributed by atoms with Gasteiger partial charge in [-0.3, -0.25) is 14.9 Å². The van der Waals surface area contributed by atoms with Crippen LogP contribution in [0.3, 0.4) is 0 Å². The maximum Gasteiger partial charge on any atom is 0.311 e. The van der Waals surface area contributed by atoms with Gasteiger partial charge in [0.2, 0.25) is 5.75 Å². The van der Waals surface area contributed by atoms with Gasteiger partial charge in [-0.15, -0.1) is 0 Å². The van der Waals surface area contributed by atoms with E-state index in [2.05, 4.69) is 4.98 Å². The van der Waals surface area contributed by atoms with Gasteiger partial charge in [0.15, 0.2) is 0 Å². The average Bonchev–Trinajstić information content (AvgIpc) is 3.31. The molecule has 0 bridgehead atoms. The van der Waals surface area contributed by atoms with Crippen LogP contribution < -0.4 is 4.74 Å². The number of rotatable bonds is 9. The lowest BCUT2D eigenvalue weighted by atomic mass is 9.97. The van der Waals surface area contributed by atoms with Gasteiger partial charge < -0.3 is 14.5 Å². The number of hydrogen-bond donors (Lipinski definition) is 1. The molecule has 0 aliphatic rings. The highest BCUT2D eigenvalue weighted by Crippen LogP contribution is 2.40. The number of carbonyl (C=O) groups excluding carboxylic acids is 1. The Morgan fingerprint density at radius 1 is 1.00 bits per heavy atom. The summed E-state index contributed by atoms with van der Waals surface area (Å²) in [6, 6.07) is 20.9. The molecule has 0 radical (unpaired) electrons. The molecule has 0 saturated heterocycles. The van der Waals surface area contributed by atoms with Crippen molar-refractivity contribution in [1.82, 2.24) is 4.98 Å². The predicted octanol–water partition coefficient (Wildman–Crippen LogP) is 5.47. The second-order valence-electron chi connectivity index (χ2n) is 7.69. The highest BCUT2D eigenvalue weighted by molar-refractivity contribution is 5.87. The van der Waals surface area contributed by atoms with Crippen LogP contribution in [0.25, 0.3) is 22.0 Å². The Morgan fingerprint density at radius 2 is 1.82 bits per heavy atom. The third-order valence-electron chi connectivity index (χ3n) is 5.52. The normalized spacial score (nSPS) is 10.8. The van der Waals surface area contributed by atoms with Crippen LogP contribution >= 0.6 is 0 Å². The van der Waals surface area contributed by atoms with Crippen LogP contribution in [-0.4, -0.2) is 29.6 Å². The lowest BCUT2D eigenvalue weighted by Crippen LogP contribution is -2.07. The summed E-state index contributed by atoms with van der Waals surface area (Å²) in [5, 5.41) is 13.0. The number of benzene rings is 3. The third kappa shape index (κ3) is 5.20. The number of nitro benzene ring substituents is 1. The molecule has 3 aromatic carbocycles. The number of H-pyrrole nitrogens is 1. The first-order valence-corrected chi connectivity index (χ1v) is 10.7. The summed E-state index contributed by atoms with van der Waals surface area (Å²) in [6.45, 7) is 0.297. The van der Waals surface area contributed by atoms with Crippen molar-refractivity contribution in [3.8, 4) is 16.9 Å². The summed E-state index contributed by atoms with van der Waals surface area (Å²) in [7, 11) is 1.33. The van der Waals surface area contributed by atoms with Crippen LogP contribution in [0.2, 0.25) is 0 Å². The van der Waals surface area contributed by atoms with Gasteiger partial charge >= 0.3 is 11.7 Å². The number of aromatic amines is 1. The Balaban J connectivity index is 1.73. The molecule has 168 valence electrons. The standard InChI is InChI=1S/C26H24N2O5/c1-32-25(29)10-7-19-15-22(20-8-9-23-21(17-20)11-13-27-23)26(24(16-19)28(30)31)33-14-12-18-5-3-2-4-6-18/h2-6,8-9,11,13,15-17,27H,7,10,12,14H2,1H3. The predicted molar refractivity (Wildman–Crippen MR) is 126 cm³/mol. The number of nitrogens with one attached hydrogen (secondary N) is 1. The van der Waals surface area contributed by atoms with E-state index in [4.69, 9.17) is 9.47 Å². The minimum Gasteiger partial charge on any atom is -0.486 e.